The largest absolute Gasteiger partial charge is 0.376 e. The third kappa shape index (κ3) is 4.29. The molecule has 0 aliphatic carbocycles. The van der Waals surface area contributed by atoms with E-state index in [1.807, 2.05) is 30.3 Å². The van der Waals surface area contributed by atoms with E-state index < -0.39 is 0 Å². The third-order valence-electron chi connectivity index (χ3n) is 4.32. The number of anilines is 1. The molecule has 0 saturated carbocycles. The summed E-state index contributed by atoms with van der Waals surface area (Å²) in [5.41, 5.74) is 1.30. The SMILES string of the molecule is O=C(CNc1ccccc1)N1CCN(C(=O)c2cccc(Cl)c2Cl)CC1. The number of hydrogen-bond donors (Lipinski definition) is 1. The van der Waals surface area contributed by atoms with Gasteiger partial charge in [0.05, 0.1) is 22.2 Å². The second-order valence-corrected chi connectivity index (χ2v) is 6.78. The number of benzene rings is 2. The maximum atomic E-state index is 12.6. The molecular weight excluding hydrogens is 373 g/mol. The fourth-order valence-electron chi connectivity index (χ4n) is 2.84. The van der Waals surface area contributed by atoms with E-state index in [1.165, 1.54) is 0 Å². The number of para-hydroxylation sites is 1. The normalized spacial score (nSPS) is 14.2. The first-order chi connectivity index (χ1) is 12.6. The summed E-state index contributed by atoms with van der Waals surface area (Å²) in [6.07, 6.45) is 0. The summed E-state index contributed by atoms with van der Waals surface area (Å²) >= 11 is 12.1. The Labute approximate surface area is 162 Å². The number of rotatable bonds is 4. The summed E-state index contributed by atoms with van der Waals surface area (Å²) in [5, 5.41) is 3.74. The lowest BCUT2D eigenvalue weighted by Crippen LogP contribution is -2.51. The van der Waals surface area contributed by atoms with Gasteiger partial charge in [-0.3, -0.25) is 9.59 Å². The summed E-state index contributed by atoms with van der Waals surface area (Å²) in [7, 11) is 0. The molecule has 0 unspecified atom stereocenters. The lowest BCUT2D eigenvalue weighted by atomic mass is 10.1. The molecule has 0 radical (unpaired) electrons. The molecular formula is C19H19Cl2N3O2. The van der Waals surface area contributed by atoms with Gasteiger partial charge >= 0.3 is 0 Å². The number of carbonyl (C=O) groups excluding carboxylic acids is 2. The van der Waals surface area contributed by atoms with E-state index in [1.54, 1.807) is 28.0 Å². The molecule has 1 fully saturated rings. The van der Waals surface area contributed by atoms with Gasteiger partial charge in [0.15, 0.2) is 0 Å². The quantitative estimate of drug-likeness (QED) is 0.868. The summed E-state index contributed by atoms with van der Waals surface area (Å²) in [6, 6.07) is 14.6. The highest BCUT2D eigenvalue weighted by Gasteiger charge is 2.26. The molecule has 0 atom stereocenters. The van der Waals surface area contributed by atoms with Crippen molar-refractivity contribution in [1.82, 2.24) is 9.80 Å². The van der Waals surface area contributed by atoms with Crippen LogP contribution in [0, 0.1) is 0 Å². The van der Waals surface area contributed by atoms with E-state index in [0.717, 1.165) is 5.69 Å². The van der Waals surface area contributed by atoms with Gasteiger partial charge in [-0.1, -0.05) is 47.5 Å². The second kappa shape index (κ2) is 8.43. The van der Waals surface area contributed by atoms with Crippen molar-refractivity contribution in [2.45, 2.75) is 0 Å². The summed E-state index contributed by atoms with van der Waals surface area (Å²) in [6.45, 7) is 2.17. The Morgan fingerprint density at radius 1 is 0.885 bits per heavy atom. The number of hydrogen-bond acceptors (Lipinski definition) is 3. The van der Waals surface area contributed by atoms with Crippen LogP contribution in [0.5, 0.6) is 0 Å². The fourth-order valence-corrected chi connectivity index (χ4v) is 3.23. The Morgan fingerprint density at radius 3 is 2.23 bits per heavy atom. The standard InChI is InChI=1S/C19H19Cl2N3O2/c20-16-8-4-7-15(18(16)21)19(26)24-11-9-23(10-12-24)17(25)13-22-14-5-2-1-3-6-14/h1-8,22H,9-13H2. The molecule has 2 aromatic carbocycles. The molecule has 1 N–H and O–H groups in total. The van der Waals surface area contributed by atoms with Gasteiger partial charge in [0, 0.05) is 31.9 Å². The first kappa shape index (κ1) is 18.5. The first-order valence-electron chi connectivity index (χ1n) is 8.36. The molecule has 0 aromatic heterocycles. The van der Waals surface area contributed by atoms with Crippen molar-refractivity contribution in [2.24, 2.45) is 0 Å². The molecule has 1 heterocycles. The smallest absolute Gasteiger partial charge is 0.255 e. The van der Waals surface area contributed by atoms with Crippen LogP contribution in [-0.2, 0) is 4.79 Å². The second-order valence-electron chi connectivity index (χ2n) is 5.99. The maximum Gasteiger partial charge on any atom is 0.255 e. The van der Waals surface area contributed by atoms with Gasteiger partial charge in [0.1, 0.15) is 0 Å². The minimum atomic E-state index is -0.160. The van der Waals surface area contributed by atoms with Crippen molar-refractivity contribution in [3.63, 3.8) is 0 Å². The van der Waals surface area contributed by atoms with Crippen molar-refractivity contribution in [3.05, 3.63) is 64.1 Å². The predicted molar refractivity (Wildman–Crippen MR) is 104 cm³/mol. The average molecular weight is 392 g/mol. The van der Waals surface area contributed by atoms with E-state index >= 15 is 0 Å². The van der Waals surface area contributed by atoms with E-state index in [0.29, 0.717) is 36.8 Å². The zero-order valence-corrected chi connectivity index (χ0v) is 15.6. The number of halogens is 2. The van der Waals surface area contributed by atoms with E-state index in [4.69, 9.17) is 23.2 Å². The predicted octanol–water partition coefficient (Wildman–Crippen LogP) is 3.39. The summed E-state index contributed by atoms with van der Waals surface area (Å²) < 4.78 is 0. The van der Waals surface area contributed by atoms with Crippen LogP contribution in [-0.4, -0.2) is 54.3 Å². The molecule has 0 spiro atoms. The number of carbonyl (C=O) groups is 2. The van der Waals surface area contributed by atoms with E-state index in [9.17, 15) is 9.59 Å². The Morgan fingerprint density at radius 2 is 1.54 bits per heavy atom. The molecule has 7 heteroatoms. The van der Waals surface area contributed by atoms with Crippen LogP contribution < -0.4 is 5.32 Å². The third-order valence-corrected chi connectivity index (χ3v) is 5.14. The van der Waals surface area contributed by atoms with Crippen LogP contribution in [0.15, 0.2) is 48.5 Å². The molecule has 1 aliphatic rings. The Kier molecular flexibility index (Phi) is 6.01. The monoisotopic (exact) mass is 391 g/mol. The lowest BCUT2D eigenvalue weighted by Gasteiger charge is -2.35. The number of nitrogens with one attached hydrogen (secondary N) is 1. The lowest BCUT2D eigenvalue weighted by molar-refractivity contribution is -0.130. The van der Waals surface area contributed by atoms with Gasteiger partial charge in [-0.15, -0.1) is 0 Å². The molecule has 3 rings (SSSR count). The first-order valence-corrected chi connectivity index (χ1v) is 9.12. The highest BCUT2D eigenvalue weighted by Crippen LogP contribution is 2.26. The summed E-state index contributed by atoms with van der Waals surface area (Å²) in [4.78, 5) is 28.4. The zero-order chi connectivity index (χ0) is 18.5. The Hall–Kier alpha value is -2.24. The van der Waals surface area contributed by atoms with Crippen molar-refractivity contribution < 1.29 is 9.59 Å². The van der Waals surface area contributed by atoms with Gasteiger partial charge in [-0.05, 0) is 24.3 Å². The van der Waals surface area contributed by atoms with Gasteiger partial charge in [-0.2, -0.15) is 0 Å². The average Bonchev–Trinajstić information content (AvgIpc) is 2.68. The van der Waals surface area contributed by atoms with Crippen LogP contribution >= 0.6 is 23.2 Å². The van der Waals surface area contributed by atoms with Crippen LogP contribution in [0.4, 0.5) is 5.69 Å². The maximum absolute atomic E-state index is 12.6. The topological polar surface area (TPSA) is 52.7 Å². The molecule has 1 aliphatic heterocycles. The number of nitrogens with zero attached hydrogens (tertiary/aromatic N) is 2. The zero-order valence-electron chi connectivity index (χ0n) is 14.1. The van der Waals surface area contributed by atoms with Crippen LogP contribution in [0.25, 0.3) is 0 Å². The summed E-state index contributed by atoms with van der Waals surface area (Å²) in [5.74, 6) is -0.145. The Bertz CT molecular complexity index is 791. The minimum Gasteiger partial charge on any atom is -0.376 e. The molecule has 1 saturated heterocycles. The van der Waals surface area contributed by atoms with E-state index in [-0.39, 0.29) is 23.4 Å². The van der Waals surface area contributed by atoms with Crippen molar-refractivity contribution in [2.75, 3.05) is 38.0 Å². The van der Waals surface area contributed by atoms with Crippen LogP contribution in [0.3, 0.4) is 0 Å². The minimum absolute atomic E-state index is 0.0155. The van der Waals surface area contributed by atoms with Gasteiger partial charge in [0.2, 0.25) is 5.91 Å². The highest BCUT2D eigenvalue weighted by molar-refractivity contribution is 6.43. The number of piperazine rings is 1. The Balaban J connectivity index is 1.53. The molecule has 2 aromatic rings. The van der Waals surface area contributed by atoms with Crippen LogP contribution in [0.1, 0.15) is 10.4 Å². The van der Waals surface area contributed by atoms with Gasteiger partial charge < -0.3 is 15.1 Å². The molecule has 5 nitrogen and oxygen atoms in total. The highest BCUT2D eigenvalue weighted by atomic mass is 35.5. The molecule has 2 amide bonds. The van der Waals surface area contributed by atoms with Crippen molar-refractivity contribution in [1.29, 1.82) is 0 Å². The van der Waals surface area contributed by atoms with Gasteiger partial charge in [-0.25, -0.2) is 0 Å². The van der Waals surface area contributed by atoms with Gasteiger partial charge in [0.25, 0.3) is 5.91 Å². The van der Waals surface area contributed by atoms with Crippen molar-refractivity contribution >= 4 is 40.7 Å². The molecule has 0 bridgehead atoms. The fraction of sp³-hybridized carbons (Fsp3) is 0.263. The van der Waals surface area contributed by atoms with Crippen molar-refractivity contribution in [3.8, 4) is 0 Å². The number of amides is 2. The molecule has 26 heavy (non-hydrogen) atoms. The van der Waals surface area contributed by atoms with Crippen LogP contribution in [0.2, 0.25) is 10.0 Å². The van der Waals surface area contributed by atoms with E-state index in [2.05, 4.69) is 5.32 Å². The molecule has 136 valence electrons.